The molecule has 5 rings (SSSR count). The Morgan fingerprint density at radius 3 is 2.81 bits per heavy atom. The zero-order valence-electron chi connectivity index (χ0n) is 15.4. The lowest BCUT2D eigenvalue weighted by molar-refractivity contribution is 0.174. The summed E-state index contributed by atoms with van der Waals surface area (Å²) >= 11 is 1.89. The van der Waals surface area contributed by atoms with Crippen LogP contribution in [0.2, 0.25) is 0 Å². The maximum atomic E-state index is 5.68. The van der Waals surface area contributed by atoms with E-state index < -0.39 is 0 Å². The summed E-state index contributed by atoms with van der Waals surface area (Å²) in [7, 11) is 0. The fraction of sp³-hybridized carbons (Fsp3) is 0.455. The minimum absolute atomic E-state index is 0.122. The first-order valence-electron chi connectivity index (χ1n) is 9.46. The van der Waals surface area contributed by atoms with Crippen LogP contribution in [0.1, 0.15) is 42.4 Å². The molecule has 2 aliphatic heterocycles. The van der Waals surface area contributed by atoms with Crippen LogP contribution < -0.4 is 14.8 Å². The third kappa shape index (κ3) is 2.42. The molecule has 2 heterocycles. The molecule has 26 heavy (non-hydrogen) atoms. The van der Waals surface area contributed by atoms with E-state index in [1.807, 2.05) is 11.8 Å². The van der Waals surface area contributed by atoms with Crippen molar-refractivity contribution in [2.24, 2.45) is 5.92 Å². The second kappa shape index (κ2) is 6.12. The molecule has 0 saturated heterocycles. The molecule has 2 aromatic carbocycles. The molecule has 0 aromatic heterocycles. The van der Waals surface area contributed by atoms with Gasteiger partial charge in [-0.15, -0.1) is 0 Å². The molecule has 4 heteroatoms. The Kier molecular flexibility index (Phi) is 3.85. The van der Waals surface area contributed by atoms with Crippen LogP contribution >= 0.6 is 11.8 Å². The monoisotopic (exact) mass is 367 g/mol. The van der Waals surface area contributed by atoms with Crippen LogP contribution in [-0.4, -0.2) is 19.6 Å². The van der Waals surface area contributed by atoms with Gasteiger partial charge in [0, 0.05) is 29.3 Å². The second-order valence-corrected chi connectivity index (χ2v) is 8.74. The summed E-state index contributed by atoms with van der Waals surface area (Å²) in [6.07, 6.45) is 4.81. The van der Waals surface area contributed by atoms with Crippen molar-refractivity contribution in [3.05, 3.63) is 53.1 Å². The van der Waals surface area contributed by atoms with Crippen LogP contribution in [0, 0.1) is 5.92 Å². The van der Waals surface area contributed by atoms with Gasteiger partial charge in [0.05, 0.1) is 0 Å². The Balaban J connectivity index is 1.58. The molecule has 1 fully saturated rings. The summed E-state index contributed by atoms with van der Waals surface area (Å²) in [6, 6.07) is 13.4. The van der Waals surface area contributed by atoms with Crippen molar-refractivity contribution in [2.45, 2.75) is 36.9 Å². The summed E-state index contributed by atoms with van der Waals surface area (Å²) < 4.78 is 11.2. The van der Waals surface area contributed by atoms with Gasteiger partial charge < -0.3 is 14.8 Å². The Morgan fingerprint density at radius 1 is 1.15 bits per heavy atom. The molecule has 0 radical (unpaired) electrons. The van der Waals surface area contributed by atoms with E-state index in [0.29, 0.717) is 12.7 Å². The topological polar surface area (TPSA) is 30.5 Å². The minimum atomic E-state index is 0.122. The predicted molar refractivity (Wildman–Crippen MR) is 108 cm³/mol. The number of hydrogen-bond acceptors (Lipinski definition) is 4. The van der Waals surface area contributed by atoms with E-state index in [4.69, 9.17) is 9.47 Å². The zero-order valence-corrected chi connectivity index (χ0v) is 16.2. The Hall–Kier alpha value is -1.81. The van der Waals surface area contributed by atoms with Crippen molar-refractivity contribution in [2.75, 3.05) is 24.9 Å². The van der Waals surface area contributed by atoms with Crippen LogP contribution in [0.15, 0.2) is 36.4 Å². The van der Waals surface area contributed by atoms with E-state index in [2.05, 4.69) is 54.9 Å². The molecule has 3 aliphatic rings. The van der Waals surface area contributed by atoms with Crippen LogP contribution in [0.5, 0.6) is 11.5 Å². The largest absolute Gasteiger partial charge is 0.454 e. The van der Waals surface area contributed by atoms with Crippen molar-refractivity contribution in [3.63, 3.8) is 0 Å². The SMILES string of the molecule is CSCc1cccc2c1NCC2C(C)(c1ccc2c(c1)OCO2)C1CC1. The molecule has 0 amide bonds. The molecule has 136 valence electrons. The van der Waals surface area contributed by atoms with Gasteiger partial charge in [0.1, 0.15) is 0 Å². The number of ether oxygens (including phenoxy) is 2. The van der Waals surface area contributed by atoms with Gasteiger partial charge in [-0.3, -0.25) is 0 Å². The van der Waals surface area contributed by atoms with Crippen molar-refractivity contribution in [3.8, 4) is 11.5 Å². The van der Waals surface area contributed by atoms with Gasteiger partial charge in [0.2, 0.25) is 6.79 Å². The molecule has 2 aromatic rings. The number of nitrogens with one attached hydrogen (secondary N) is 1. The maximum Gasteiger partial charge on any atom is 0.231 e. The first-order valence-corrected chi connectivity index (χ1v) is 10.9. The van der Waals surface area contributed by atoms with Gasteiger partial charge >= 0.3 is 0 Å². The maximum absolute atomic E-state index is 5.68. The zero-order chi connectivity index (χ0) is 17.7. The summed E-state index contributed by atoms with van der Waals surface area (Å²) in [5.74, 6) is 4.07. The summed E-state index contributed by atoms with van der Waals surface area (Å²) in [4.78, 5) is 0. The van der Waals surface area contributed by atoms with E-state index >= 15 is 0 Å². The molecule has 1 N–H and O–H groups in total. The second-order valence-electron chi connectivity index (χ2n) is 7.87. The first kappa shape index (κ1) is 16.4. The quantitative estimate of drug-likeness (QED) is 0.791. The molecular weight excluding hydrogens is 342 g/mol. The number of rotatable bonds is 5. The van der Waals surface area contributed by atoms with E-state index in [-0.39, 0.29) is 5.41 Å². The predicted octanol–water partition coefficient (Wildman–Crippen LogP) is 5.16. The van der Waals surface area contributed by atoms with Gasteiger partial charge in [0.25, 0.3) is 0 Å². The lowest BCUT2D eigenvalue weighted by Crippen LogP contribution is -2.34. The first-order chi connectivity index (χ1) is 12.7. The fourth-order valence-corrected chi connectivity index (χ4v) is 5.44. The highest BCUT2D eigenvalue weighted by Gasteiger charge is 2.50. The van der Waals surface area contributed by atoms with E-state index in [1.54, 1.807) is 0 Å². The average molecular weight is 368 g/mol. The smallest absolute Gasteiger partial charge is 0.231 e. The summed E-state index contributed by atoms with van der Waals surface area (Å²) in [6.45, 7) is 3.82. The molecule has 1 aliphatic carbocycles. The molecule has 1 saturated carbocycles. The number of para-hydroxylation sites is 1. The van der Waals surface area contributed by atoms with Crippen LogP contribution in [0.4, 0.5) is 5.69 Å². The Morgan fingerprint density at radius 2 is 2.00 bits per heavy atom. The lowest BCUT2D eigenvalue weighted by Gasteiger charge is -2.37. The van der Waals surface area contributed by atoms with E-state index in [1.165, 1.54) is 35.2 Å². The molecule has 3 nitrogen and oxygen atoms in total. The Labute approximate surface area is 159 Å². The fourth-order valence-electron chi connectivity index (χ4n) is 4.89. The van der Waals surface area contributed by atoms with Gasteiger partial charge in [0.15, 0.2) is 11.5 Å². The van der Waals surface area contributed by atoms with Gasteiger partial charge in [-0.2, -0.15) is 11.8 Å². The van der Waals surface area contributed by atoms with Gasteiger partial charge in [-0.05, 0) is 53.8 Å². The molecule has 0 bridgehead atoms. The van der Waals surface area contributed by atoms with Crippen molar-refractivity contribution >= 4 is 17.4 Å². The highest BCUT2D eigenvalue weighted by molar-refractivity contribution is 7.97. The lowest BCUT2D eigenvalue weighted by atomic mass is 9.66. The van der Waals surface area contributed by atoms with E-state index in [0.717, 1.165) is 29.7 Å². The number of benzene rings is 2. The average Bonchev–Trinajstić information content (AvgIpc) is 3.25. The summed E-state index contributed by atoms with van der Waals surface area (Å²) in [5.41, 5.74) is 5.81. The van der Waals surface area contributed by atoms with Crippen molar-refractivity contribution in [1.82, 2.24) is 0 Å². The number of thioether (sulfide) groups is 1. The highest BCUT2D eigenvalue weighted by Crippen LogP contribution is 2.58. The number of fused-ring (bicyclic) bond motifs is 2. The van der Waals surface area contributed by atoms with Crippen molar-refractivity contribution < 1.29 is 9.47 Å². The third-order valence-electron chi connectivity index (χ3n) is 6.49. The van der Waals surface area contributed by atoms with Crippen LogP contribution in [-0.2, 0) is 11.2 Å². The van der Waals surface area contributed by atoms with E-state index in [9.17, 15) is 0 Å². The van der Waals surface area contributed by atoms with Crippen LogP contribution in [0.25, 0.3) is 0 Å². The summed E-state index contributed by atoms with van der Waals surface area (Å²) in [5, 5.41) is 3.74. The highest BCUT2D eigenvalue weighted by atomic mass is 32.2. The molecule has 0 spiro atoms. The Bertz CT molecular complexity index is 848. The normalized spacial score (nSPS) is 22.6. The number of hydrogen-bond donors (Lipinski definition) is 1. The van der Waals surface area contributed by atoms with Gasteiger partial charge in [-0.1, -0.05) is 31.2 Å². The molecule has 2 atom stereocenters. The van der Waals surface area contributed by atoms with Gasteiger partial charge in [-0.25, -0.2) is 0 Å². The molecule has 2 unspecified atom stereocenters. The standard InChI is InChI=1S/C22H25NO2S/c1-22(15-6-7-15,16-8-9-19-20(10-16)25-13-24-19)18-11-23-21-14(12-26-2)4-3-5-17(18)21/h3-5,8-10,15,18,23H,6-7,11-13H2,1-2H3. The molecular formula is C22H25NO2S. The number of anilines is 1. The van der Waals surface area contributed by atoms with Crippen molar-refractivity contribution in [1.29, 1.82) is 0 Å². The van der Waals surface area contributed by atoms with Crippen LogP contribution in [0.3, 0.4) is 0 Å². The third-order valence-corrected chi connectivity index (χ3v) is 7.08. The minimum Gasteiger partial charge on any atom is -0.454 e.